The van der Waals surface area contributed by atoms with Crippen LogP contribution in [-0.2, 0) is 0 Å². The number of oxazole rings is 1. The molecule has 126 valence electrons. The van der Waals surface area contributed by atoms with Gasteiger partial charge in [-0.1, -0.05) is 0 Å². The highest BCUT2D eigenvalue weighted by Gasteiger charge is 2.30. The van der Waals surface area contributed by atoms with E-state index in [4.69, 9.17) is 4.42 Å². The van der Waals surface area contributed by atoms with E-state index in [9.17, 15) is 4.79 Å². The number of rotatable bonds is 3. The molecule has 1 aliphatic heterocycles. The summed E-state index contributed by atoms with van der Waals surface area (Å²) >= 11 is 0. The molecule has 1 amide bonds. The van der Waals surface area contributed by atoms with E-state index in [2.05, 4.69) is 27.9 Å². The number of hydrogen-bond donors (Lipinski definition) is 0. The monoisotopic (exact) mass is 334 g/mol. The zero-order valence-corrected chi connectivity index (χ0v) is 13.9. The van der Waals surface area contributed by atoms with Gasteiger partial charge in [-0.15, -0.1) is 0 Å². The molecule has 4 heterocycles. The van der Waals surface area contributed by atoms with Crippen molar-refractivity contribution >= 4 is 5.91 Å². The minimum Gasteiger partial charge on any atom is -0.444 e. The van der Waals surface area contributed by atoms with Gasteiger partial charge in [-0.2, -0.15) is 0 Å². The van der Waals surface area contributed by atoms with Gasteiger partial charge in [0, 0.05) is 43.3 Å². The molecule has 0 radical (unpaired) electrons. The Morgan fingerprint density at radius 1 is 1.32 bits per heavy atom. The van der Waals surface area contributed by atoms with Crippen LogP contribution < -0.4 is 0 Å². The molecule has 0 aliphatic carbocycles. The molecule has 3 aromatic heterocycles. The first-order chi connectivity index (χ1) is 12.2. The molecule has 1 fully saturated rings. The van der Waals surface area contributed by atoms with Crippen molar-refractivity contribution in [3.63, 3.8) is 0 Å². The summed E-state index contributed by atoms with van der Waals surface area (Å²) in [5.74, 6) is 0.579. The van der Waals surface area contributed by atoms with E-state index < -0.39 is 0 Å². The Kier molecular flexibility index (Phi) is 4.01. The van der Waals surface area contributed by atoms with Gasteiger partial charge in [0.1, 0.15) is 6.26 Å². The maximum atomic E-state index is 12.7. The van der Waals surface area contributed by atoms with Crippen LogP contribution in [0.25, 0.3) is 11.5 Å². The number of hydrogen-bond acceptors (Lipinski definition) is 5. The number of aromatic nitrogens is 3. The van der Waals surface area contributed by atoms with Gasteiger partial charge in [-0.3, -0.25) is 14.8 Å². The average Bonchev–Trinajstić information content (AvgIpc) is 3.32. The summed E-state index contributed by atoms with van der Waals surface area (Å²) in [4.78, 5) is 27.3. The van der Waals surface area contributed by atoms with Gasteiger partial charge in [0.15, 0.2) is 5.69 Å². The number of pyridine rings is 2. The van der Waals surface area contributed by atoms with Gasteiger partial charge in [-0.05, 0) is 43.2 Å². The Balaban J connectivity index is 1.48. The second kappa shape index (κ2) is 6.47. The fourth-order valence-electron chi connectivity index (χ4n) is 3.12. The van der Waals surface area contributed by atoms with Crippen LogP contribution in [0.3, 0.4) is 0 Å². The molecule has 1 saturated heterocycles. The van der Waals surface area contributed by atoms with Gasteiger partial charge in [0.25, 0.3) is 5.91 Å². The zero-order chi connectivity index (χ0) is 17.2. The lowest BCUT2D eigenvalue weighted by Crippen LogP contribution is -2.28. The van der Waals surface area contributed by atoms with E-state index in [1.165, 1.54) is 11.8 Å². The molecule has 0 N–H and O–H groups in total. The lowest BCUT2D eigenvalue weighted by Gasteiger charge is -2.14. The highest BCUT2D eigenvalue weighted by atomic mass is 16.3. The van der Waals surface area contributed by atoms with Crippen LogP contribution in [0.2, 0.25) is 0 Å². The second-order valence-corrected chi connectivity index (χ2v) is 6.27. The first-order valence-electron chi connectivity index (χ1n) is 8.28. The molecule has 0 saturated carbocycles. The van der Waals surface area contributed by atoms with Gasteiger partial charge in [0.05, 0.1) is 5.56 Å². The van der Waals surface area contributed by atoms with E-state index in [1.807, 2.05) is 23.2 Å². The Morgan fingerprint density at radius 3 is 3.04 bits per heavy atom. The fourth-order valence-corrected chi connectivity index (χ4v) is 3.12. The van der Waals surface area contributed by atoms with E-state index in [0.29, 0.717) is 24.7 Å². The lowest BCUT2D eigenvalue weighted by molar-refractivity contribution is 0.0785. The first kappa shape index (κ1) is 15.5. The predicted molar refractivity (Wildman–Crippen MR) is 92.0 cm³/mol. The maximum Gasteiger partial charge on any atom is 0.275 e. The molecule has 0 aromatic carbocycles. The summed E-state index contributed by atoms with van der Waals surface area (Å²) in [6, 6.07) is 7.73. The highest BCUT2D eigenvalue weighted by molar-refractivity contribution is 5.92. The Bertz CT molecular complexity index is 891. The van der Waals surface area contributed by atoms with Gasteiger partial charge < -0.3 is 9.32 Å². The smallest absolute Gasteiger partial charge is 0.275 e. The standard InChI is InChI=1S/C19H18N4O2/c1-13-4-7-21-16(9-13)15-5-8-23(11-15)19(24)17-12-25-18(22-17)14-3-2-6-20-10-14/h2-4,6-7,9-10,12,15H,5,8,11H2,1H3. The quantitative estimate of drug-likeness (QED) is 0.736. The third-order valence-corrected chi connectivity index (χ3v) is 4.46. The molecule has 0 bridgehead atoms. The van der Waals surface area contributed by atoms with Crippen LogP contribution in [-0.4, -0.2) is 38.8 Å². The largest absolute Gasteiger partial charge is 0.444 e. The Hall–Kier alpha value is -3.02. The summed E-state index contributed by atoms with van der Waals surface area (Å²) in [7, 11) is 0. The molecule has 4 rings (SSSR count). The molecule has 1 atom stereocenters. The van der Waals surface area contributed by atoms with Crippen LogP contribution in [0.5, 0.6) is 0 Å². The minimum absolute atomic E-state index is 0.103. The van der Waals surface area contributed by atoms with Crippen molar-refractivity contribution in [3.05, 3.63) is 66.1 Å². The fraction of sp³-hybridized carbons (Fsp3) is 0.263. The molecule has 3 aromatic rings. The first-order valence-corrected chi connectivity index (χ1v) is 8.28. The molecule has 0 spiro atoms. The predicted octanol–water partition coefficient (Wildman–Crippen LogP) is 3.07. The van der Waals surface area contributed by atoms with Crippen LogP contribution in [0.1, 0.15) is 34.1 Å². The van der Waals surface area contributed by atoms with Crippen LogP contribution >= 0.6 is 0 Å². The summed E-state index contributed by atoms with van der Waals surface area (Å²) in [6.07, 6.45) is 7.50. The third-order valence-electron chi connectivity index (χ3n) is 4.46. The van der Waals surface area contributed by atoms with Crippen LogP contribution in [0.4, 0.5) is 0 Å². The lowest BCUT2D eigenvalue weighted by atomic mass is 10.0. The molecule has 25 heavy (non-hydrogen) atoms. The topological polar surface area (TPSA) is 72.1 Å². The number of carbonyl (C=O) groups excluding carboxylic acids is 1. The number of aryl methyl sites for hydroxylation is 1. The maximum absolute atomic E-state index is 12.7. The van der Waals surface area contributed by atoms with E-state index >= 15 is 0 Å². The van der Waals surface area contributed by atoms with E-state index in [1.54, 1.807) is 18.5 Å². The van der Waals surface area contributed by atoms with Gasteiger partial charge in [0.2, 0.25) is 5.89 Å². The number of carbonyl (C=O) groups is 1. The van der Waals surface area contributed by atoms with Crippen molar-refractivity contribution in [2.24, 2.45) is 0 Å². The zero-order valence-electron chi connectivity index (χ0n) is 13.9. The van der Waals surface area contributed by atoms with Crippen molar-refractivity contribution in [1.82, 2.24) is 19.9 Å². The summed E-state index contributed by atoms with van der Waals surface area (Å²) in [5.41, 5.74) is 3.32. The van der Waals surface area contributed by atoms with E-state index in [-0.39, 0.29) is 11.8 Å². The van der Waals surface area contributed by atoms with Crippen molar-refractivity contribution in [1.29, 1.82) is 0 Å². The normalized spacial score (nSPS) is 17.0. The van der Waals surface area contributed by atoms with Crippen molar-refractivity contribution < 1.29 is 9.21 Å². The minimum atomic E-state index is -0.103. The highest BCUT2D eigenvalue weighted by Crippen LogP contribution is 2.27. The van der Waals surface area contributed by atoms with Crippen LogP contribution in [0.15, 0.2) is 53.5 Å². The van der Waals surface area contributed by atoms with Crippen LogP contribution in [0, 0.1) is 6.92 Å². The molecular formula is C19H18N4O2. The molecular weight excluding hydrogens is 316 g/mol. The van der Waals surface area contributed by atoms with Gasteiger partial charge >= 0.3 is 0 Å². The summed E-state index contributed by atoms with van der Waals surface area (Å²) in [6.45, 7) is 3.41. The van der Waals surface area contributed by atoms with Crippen molar-refractivity contribution in [2.75, 3.05) is 13.1 Å². The number of nitrogens with zero attached hydrogens (tertiary/aromatic N) is 4. The second-order valence-electron chi connectivity index (χ2n) is 6.27. The molecule has 1 unspecified atom stereocenters. The Morgan fingerprint density at radius 2 is 2.24 bits per heavy atom. The summed E-state index contributed by atoms with van der Waals surface area (Å²) in [5, 5.41) is 0. The third kappa shape index (κ3) is 3.15. The SMILES string of the molecule is Cc1ccnc(C2CCN(C(=O)c3coc(-c4cccnc4)n3)C2)c1. The summed E-state index contributed by atoms with van der Waals surface area (Å²) < 4.78 is 5.45. The number of likely N-dealkylation sites (tertiary alicyclic amines) is 1. The molecule has 1 aliphatic rings. The van der Waals surface area contributed by atoms with Crippen molar-refractivity contribution in [2.45, 2.75) is 19.3 Å². The van der Waals surface area contributed by atoms with Gasteiger partial charge in [-0.25, -0.2) is 4.98 Å². The molecule has 6 heteroatoms. The average molecular weight is 334 g/mol. The number of amides is 1. The van der Waals surface area contributed by atoms with Crippen molar-refractivity contribution in [3.8, 4) is 11.5 Å². The Labute approximate surface area is 145 Å². The van der Waals surface area contributed by atoms with E-state index in [0.717, 1.165) is 17.7 Å². The molecule has 6 nitrogen and oxygen atoms in total.